The van der Waals surface area contributed by atoms with E-state index in [1.54, 1.807) is 19.3 Å². The van der Waals surface area contributed by atoms with Crippen LogP contribution >= 0.6 is 22.6 Å². The SMILES string of the molecule is COc1cc(/C=C(\C#N)c2ccccc2)cc(I)c1OCC(=O)Nc1cccc(C)c1. The van der Waals surface area contributed by atoms with E-state index >= 15 is 0 Å². The lowest BCUT2D eigenvalue weighted by Crippen LogP contribution is -2.20. The van der Waals surface area contributed by atoms with Gasteiger partial charge in [-0.15, -0.1) is 0 Å². The highest BCUT2D eigenvalue weighted by molar-refractivity contribution is 14.1. The van der Waals surface area contributed by atoms with Crippen molar-refractivity contribution in [3.05, 3.63) is 87.0 Å². The summed E-state index contributed by atoms with van der Waals surface area (Å²) < 4.78 is 12.0. The first kappa shape index (κ1) is 22.4. The van der Waals surface area contributed by atoms with Crippen LogP contribution in [0.4, 0.5) is 5.69 Å². The summed E-state index contributed by atoms with van der Waals surface area (Å²) in [6.45, 7) is 1.81. The van der Waals surface area contributed by atoms with Crippen molar-refractivity contribution in [3.63, 3.8) is 0 Å². The second-order valence-electron chi connectivity index (χ2n) is 6.78. The van der Waals surface area contributed by atoms with Crippen molar-refractivity contribution in [2.45, 2.75) is 6.92 Å². The van der Waals surface area contributed by atoms with Gasteiger partial charge in [-0.1, -0.05) is 42.5 Å². The van der Waals surface area contributed by atoms with Crippen LogP contribution < -0.4 is 14.8 Å². The lowest BCUT2D eigenvalue weighted by Gasteiger charge is -2.14. The third-order valence-corrected chi connectivity index (χ3v) is 5.22. The van der Waals surface area contributed by atoms with Gasteiger partial charge in [0.25, 0.3) is 5.91 Å². The normalized spacial score (nSPS) is 10.8. The molecule has 0 aliphatic heterocycles. The fourth-order valence-electron chi connectivity index (χ4n) is 2.99. The van der Waals surface area contributed by atoms with Gasteiger partial charge >= 0.3 is 0 Å². The fourth-order valence-corrected chi connectivity index (χ4v) is 3.77. The number of halogens is 1. The molecule has 0 aliphatic carbocycles. The number of hydrogen-bond donors (Lipinski definition) is 1. The quantitative estimate of drug-likeness (QED) is 0.245. The lowest BCUT2D eigenvalue weighted by atomic mass is 10.0. The first-order chi connectivity index (χ1) is 15.0. The van der Waals surface area contributed by atoms with E-state index in [2.05, 4.69) is 34.0 Å². The number of carbonyl (C=O) groups is 1. The van der Waals surface area contributed by atoms with Gasteiger partial charge in [-0.05, 0) is 76.5 Å². The molecule has 0 saturated carbocycles. The first-order valence-corrected chi connectivity index (χ1v) is 10.6. The molecule has 0 radical (unpaired) electrons. The van der Waals surface area contributed by atoms with Gasteiger partial charge in [0.15, 0.2) is 18.1 Å². The van der Waals surface area contributed by atoms with E-state index in [0.717, 1.165) is 25.9 Å². The summed E-state index contributed by atoms with van der Waals surface area (Å²) in [6.07, 6.45) is 1.80. The molecule has 0 fully saturated rings. The molecular weight excluding hydrogens is 503 g/mol. The number of amides is 1. The van der Waals surface area contributed by atoms with Crippen LogP contribution in [0.5, 0.6) is 11.5 Å². The third kappa shape index (κ3) is 6.09. The van der Waals surface area contributed by atoms with E-state index in [4.69, 9.17) is 9.47 Å². The molecule has 1 N–H and O–H groups in total. The molecule has 0 heterocycles. The van der Waals surface area contributed by atoms with Crippen LogP contribution in [0.3, 0.4) is 0 Å². The Bertz CT molecular complexity index is 1150. The van der Waals surface area contributed by atoms with Gasteiger partial charge in [-0.25, -0.2) is 0 Å². The van der Waals surface area contributed by atoms with E-state index in [-0.39, 0.29) is 12.5 Å². The van der Waals surface area contributed by atoms with E-state index < -0.39 is 0 Å². The molecule has 0 spiro atoms. The zero-order valence-electron chi connectivity index (χ0n) is 17.2. The van der Waals surface area contributed by atoms with E-state index in [9.17, 15) is 10.1 Å². The average molecular weight is 524 g/mol. The van der Waals surface area contributed by atoms with Crippen LogP contribution in [0.15, 0.2) is 66.7 Å². The zero-order chi connectivity index (χ0) is 22.2. The van der Waals surface area contributed by atoms with Crippen LogP contribution in [0.1, 0.15) is 16.7 Å². The Morgan fingerprint density at radius 3 is 2.58 bits per heavy atom. The Morgan fingerprint density at radius 2 is 1.90 bits per heavy atom. The molecule has 3 aromatic carbocycles. The van der Waals surface area contributed by atoms with Gasteiger partial charge in [-0.2, -0.15) is 5.26 Å². The molecule has 0 saturated heterocycles. The van der Waals surface area contributed by atoms with Crippen molar-refractivity contribution in [1.29, 1.82) is 5.26 Å². The molecule has 0 unspecified atom stereocenters. The molecule has 6 heteroatoms. The second-order valence-corrected chi connectivity index (χ2v) is 7.94. The summed E-state index contributed by atoms with van der Waals surface area (Å²) in [5.41, 5.74) is 3.97. The number of rotatable bonds is 7. The molecular formula is C25H21IN2O3. The predicted molar refractivity (Wildman–Crippen MR) is 131 cm³/mol. The summed E-state index contributed by atoms with van der Waals surface area (Å²) in [6, 6.07) is 23.0. The zero-order valence-corrected chi connectivity index (χ0v) is 19.3. The number of benzene rings is 3. The predicted octanol–water partition coefficient (Wildman–Crippen LogP) is 5.69. The van der Waals surface area contributed by atoms with Gasteiger partial charge in [0.2, 0.25) is 0 Å². The minimum absolute atomic E-state index is 0.150. The summed E-state index contributed by atoms with van der Waals surface area (Å²) in [5.74, 6) is 0.716. The Morgan fingerprint density at radius 1 is 1.13 bits per heavy atom. The number of allylic oxidation sites excluding steroid dienone is 1. The minimum Gasteiger partial charge on any atom is -0.493 e. The molecule has 0 aromatic heterocycles. The summed E-state index contributed by atoms with van der Waals surface area (Å²) in [4.78, 5) is 12.3. The van der Waals surface area contributed by atoms with Gasteiger partial charge in [0.05, 0.1) is 22.3 Å². The maximum atomic E-state index is 12.3. The molecule has 5 nitrogen and oxygen atoms in total. The Labute approximate surface area is 195 Å². The maximum absolute atomic E-state index is 12.3. The number of carbonyl (C=O) groups excluding carboxylic acids is 1. The van der Waals surface area contributed by atoms with Crippen molar-refractivity contribution in [3.8, 4) is 17.6 Å². The fraction of sp³-hybridized carbons (Fsp3) is 0.120. The van der Waals surface area contributed by atoms with Crippen LogP contribution in [-0.2, 0) is 4.79 Å². The van der Waals surface area contributed by atoms with Gasteiger partial charge in [0.1, 0.15) is 0 Å². The smallest absolute Gasteiger partial charge is 0.262 e. The molecule has 0 aliphatic rings. The average Bonchev–Trinajstić information content (AvgIpc) is 2.77. The number of anilines is 1. The summed E-state index contributed by atoms with van der Waals surface area (Å²) in [5, 5.41) is 12.4. The van der Waals surface area contributed by atoms with Crippen molar-refractivity contribution in [2.75, 3.05) is 19.0 Å². The largest absolute Gasteiger partial charge is 0.493 e. The van der Waals surface area contributed by atoms with Gasteiger partial charge in [-0.3, -0.25) is 4.79 Å². The van der Waals surface area contributed by atoms with Crippen LogP contribution in [0.25, 0.3) is 11.6 Å². The van der Waals surface area contributed by atoms with Crippen LogP contribution in [0.2, 0.25) is 0 Å². The lowest BCUT2D eigenvalue weighted by molar-refractivity contribution is -0.118. The highest BCUT2D eigenvalue weighted by atomic mass is 127. The Hall–Kier alpha value is -3.31. The number of nitrogens with zero attached hydrogens (tertiary/aromatic N) is 1. The number of aryl methyl sites for hydroxylation is 1. The topological polar surface area (TPSA) is 71.3 Å². The summed E-state index contributed by atoms with van der Waals surface area (Å²) >= 11 is 2.13. The minimum atomic E-state index is -0.261. The molecule has 156 valence electrons. The standard InChI is InChI=1S/C25H21IN2O3/c1-17-7-6-10-21(11-17)28-24(29)16-31-25-22(26)13-18(14-23(25)30-2)12-20(15-27)19-8-4-3-5-9-19/h3-14H,16H2,1-2H3,(H,28,29)/b20-12+. The van der Waals surface area contributed by atoms with Crippen molar-refractivity contribution < 1.29 is 14.3 Å². The van der Waals surface area contributed by atoms with Crippen LogP contribution in [0, 0.1) is 21.8 Å². The van der Waals surface area contributed by atoms with Gasteiger partial charge in [0, 0.05) is 5.69 Å². The number of hydrogen-bond acceptors (Lipinski definition) is 4. The van der Waals surface area contributed by atoms with Crippen molar-refractivity contribution >= 4 is 45.8 Å². The molecule has 0 bridgehead atoms. The molecule has 31 heavy (non-hydrogen) atoms. The monoisotopic (exact) mass is 524 g/mol. The molecule has 3 aromatic rings. The van der Waals surface area contributed by atoms with E-state index in [1.165, 1.54) is 0 Å². The van der Waals surface area contributed by atoms with Crippen molar-refractivity contribution in [1.82, 2.24) is 0 Å². The Balaban J connectivity index is 1.77. The number of methoxy groups -OCH3 is 1. The first-order valence-electron chi connectivity index (χ1n) is 9.54. The van der Waals surface area contributed by atoms with Gasteiger partial charge < -0.3 is 14.8 Å². The maximum Gasteiger partial charge on any atom is 0.262 e. The summed E-state index contributed by atoms with van der Waals surface area (Å²) in [7, 11) is 1.54. The van der Waals surface area contributed by atoms with Crippen molar-refractivity contribution in [2.24, 2.45) is 0 Å². The highest BCUT2D eigenvalue weighted by Gasteiger charge is 2.14. The third-order valence-electron chi connectivity index (χ3n) is 4.42. The molecule has 0 atom stereocenters. The molecule has 3 rings (SSSR count). The van der Waals surface area contributed by atoms with E-state index in [1.807, 2.05) is 67.6 Å². The highest BCUT2D eigenvalue weighted by Crippen LogP contribution is 2.35. The van der Waals surface area contributed by atoms with Crippen LogP contribution in [-0.4, -0.2) is 19.6 Å². The van der Waals surface area contributed by atoms with E-state index in [0.29, 0.717) is 17.1 Å². The number of nitriles is 1. The Kier molecular flexibility index (Phi) is 7.68. The number of nitrogens with one attached hydrogen (secondary N) is 1. The second kappa shape index (κ2) is 10.6. The number of ether oxygens (including phenoxy) is 2. The molecule has 1 amide bonds.